The molecule has 1 saturated carbocycles. The van der Waals surface area contributed by atoms with E-state index >= 15 is 0 Å². The molecule has 2 rings (SSSR count). The van der Waals surface area contributed by atoms with Gasteiger partial charge in [0.1, 0.15) is 11.8 Å². The van der Waals surface area contributed by atoms with E-state index in [1.54, 1.807) is 18.2 Å². The van der Waals surface area contributed by atoms with E-state index in [9.17, 15) is 9.90 Å². The highest BCUT2D eigenvalue weighted by Gasteiger charge is 2.25. The number of aliphatic hydroxyl groups excluding tert-OH is 1. The van der Waals surface area contributed by atoms with Gasteiger partial charge in [0.15, 0.2) is 6.61 Å². The van der Waals surface area contributed by atoms with Crippen LogP contribution in [0.2, 0.25) is 0 Å². The first-order valence-corrected chi connectivity index (χ1v) is 7.92. The largest absolute Gasteiger partial charge is 0.479 e. The maximum Gasteiger partial charge on any atom is 0.244 e. The normalized spacial score (nSPS) is 20.9. The number of nitrogens with zero attached hydrogens (tertiary/aromatic N) is 1. The zero-order chi connectivity index (χ0) is 16.5. The van der Waals surface area contributed by atoms with Gasteiger partial charge in [-0.25, -0.2) is 0 Å². The summed E-state index contributed by atoms with van der Waals surface area (Å²) in [5.41, 5.74) is 0.881. The second kappa shape index (κ2) is 8.96. The van der Waals surface area contributed by atoms with Gasteiger partial charge in [0.2, 0.25) is 5.91 Å². The van der Waals surface area contributed by atoms with Gasteiger partial charge in [-0.2, -0.15) is 5.26 Å². The average molecular weight is 314 g/mol. The predicted octanol–water partition coefficient (Wildman–Crippen LogP) is 2.27. The molecule has 23 heavy (non-hydrogen) atoms. The minimum Gasteiger partial charge on any atom is -0.479 e. The van der Waals surface area contributed by atoms with Crippen molar-refractivity contribution in [1.29, 1.82) is 5.26 Å². The predicted molar refractivity (Wildman–Crippen MR) is 87.6 cm³/mol. The molecule has 0 saturated heterocycles. The molecule has 122 valence electrons. The second-order valence-electron chi connectivity index (χ2n) is 5.69. The Hall–Kier alpha value is -2.32. The fraction of sp³-hybridized carbons (Fsp3) is 0.444. The molecule has 1 aliphatic carbocycles. The highest BCUT2D eigenvalue weighted by Crippen LogP contribution is 2.23. The lowest BCUT2D eigenvalue weighted by Crippen LogP contribution is -2.42. The number of nitriles is 1. The van der Waals surface area contributed by atoms with Gasteiger partial charge in [-0.3, -0.25) is 4.79 Å². The Morgan fingerprint density at radius 1 is 1.35 bits per heavy atom. The highest BCUT2D eigenvalue weighted by atomic mass is 16.5. The summed E-state index contributed by atoms with van der Waals surface area (Å²) in [7, 11) is 0. The van der Waals surface area contributed by atoms with Crippen LogP contribution in [0.4, 0.5) is 0 Å². The third kappa shape index (κ3) is 5.42. The molecule has 0 heterocycles. The van der Waals surface area contributed by atoms with Crippen molar-refractivity contribution < 1.29 is 14.6 Å². The van der Waals surface area contributed by atoms with Gasteiger partial charge >= 0.3 is 0 Å². The summed E-state index contributed by atoms with van der Waals surface area (Å²) >= 11 is 0. The van der Waals surface area contributed by atoms with E-state index in [1.165, 1.54) is 6.08 Å². The van der Waals surface area contributed by atoms with Gasteiger partial charge < -0.3 is 15.2 Å². The average Bonchev–Trinajstić information content (AvgIpc) is 2.59. The molecular weight excluding hydrogens is 292 g/mol. The van der Waals surface area contributed by atoms with Crippen LogP contribution in [0.3, 0.4) is 0 Å². The van der Waals surface area contributed by atoms with Crippen molar-refractivity contribution in [3.05, 3.63) is 35.9 Å². The highest BCUT2D eigenvalue weighted by molar-refractivity contribution is 5.91. The molecule has 2 N–H and O–H groups in total. The number of amides is 1. The van der Waals surface area contributed by atoms with E-state index in [0.29, 0.717) is 5.75 Å². The fourth-order valence-electron chi connectivity index (χ4n) is 2.81. The van der Waals surface area contributed by atoms with Gasteiger partial charge in [0.25, 0.3) is 0 Å². The van der Waals surface area contributed by atoms with E-state index in [2.05, 4.69) is 5.32 Å². The molecule has 1 fully saturated rings. The summed E-state index contributed by atoms with van der Waals surface area (Å²) in [6, 6.07) is 9.15. The minimum absolute atomic E-state index is 0.0189. The summed E-state index contributed by atoms with van der Waals surface area (Å²) in [5, 5.41) is 20.8. The van der Waals surface area contributed by atoms with Gasteiger partial charge in [-0.15, -0.1) is 0 Å². The maximum atomic E-state index is 12.0. The fourth-order valence-corrected chi connectivity index (χ4v) is 2.81. The van der Waals surface area contributed by atoms with E-state index in [-0.39, 0.29) is 31.1 Å². The minimum atomic E-state index is -0.139. The van der Waals surface area contributed by atoms with Crippen LogP contribution in [-0.4, -0.2) is 30.3 Å². The molecule has 0 aromatic heterocycles. The van der Waals surface area contributed by atoms with E-state index in [1.807, 2.05) is 18.2 Å². The third-order valence-electron chi connectivity index (χ3n) is 4.08. The van der Waals surface area contributed by atoms with Crippen molar-refractivity contribution >= 4 is 12.0 Å². The molecule has 1 amide bonds. The maximum absolute atomic E-state index is 12.0. The number of ether oxygens (including phenoxy) is 1. The molecule has 0 spiro atoms. The smallest absolute Gasteiger partial charge is 0.244 e. The number of benzene rings is 1. The Bertz CT molecular complexity index is 575. The zero-order valence-electron chi connectivity index (χ0n) is 13.1. The third-order valence-corrected chi connectivity index (χ3v) is 4.08. The van der Waals surface area contributed by atoms with Crippen molar-refractivity contribution in [2.45, 2.75) is 31.7 Å². The van der Waals surface area contributed by atoms with E-state index in [4.69, 9.17) is 10.00 Å². The van der Waals surface area contributed by atoms with Gasteiger partial charge in [-0.1, -0.05) is 25.0 Å². The van der Waals surface area contributed by atoms with Crippen LogP contribution in [-0.2, 0) is 4.79 Å². The van der Waals surface area contributed by atoms with Gasteiger partial charge in [-0.05, 0) is 36.6 Å². The van der Waals surface area contributed by atoms with Crippen molar-refractivity contribution in [3.63, 3.8) is 0 Å². The van der Waals surface area contributed by atoms with Crippen LogP contribution in [0, 0.1) is 17.2 Å². The van der Waals surface area contributed by atoms with Crippen LogP contribution < -0.4 is 10.1 Å². The van der Waals surface area contributed by atoms with E-state index < -0.39 is 0 Å². The Kier molecular flexibility index (Phi) is 6.64. The van der Waals surface area contributed by atoms with Crippen molar-refractivity contribution in [2.24, 2.45) is 5.92 Å². The number of hydrogen-bond acceptors (Lipinski definition) is 4. The lowest BCUT2D eigenvalue weighted by molar-refractivity contribution is -0.117. The quantitative estimate of drug-likeness (QED) is 0.789. The standard InChI is InChI=1S/C18H22N2O3/c19-11-12-23-16-8-5-14(6-9-16)7-10-18(22)20-17-4-2-1-3-15(17)13-21/h5-10,15,17,21H,1-4,12-13H2,(H,20,22)/b10-7+. The lowest BCUT2D eigenvalue weighted by atomic mass is 9.85. The molecular formula is C18H22N2O3. The van der Waals surface area contributed by atoms with Crippen LogP contribution >= 0.6 is 0 Å². The Balaban J connectivity index is 1.86. The van der Waals surface area contributed by atoms with Crippen LogP contribution in [0.1, 0.15) is 31.2 Å². The first kappa shape index (κ1) is 17.0. The molecule has 1 aromatic carbocycles. The number of carbonyl (C=O) groups excluding carboxylic acids is 1. The topological polar surface area (TPSA) is 82.3 Å². The molecule has 0 bridgehead atoms. The molecule has 0 radical (unpaired) electrons. The first-order chi connectivity index (χ1) is 11.2. The van der Waals surface area contributed by atoms with E-state index in [0.717, 1.165) is 31.2 Å². The van der Waals surface area contributed by atoms with Gasteiger partial charge in [0, 0.05) is 24.6 Å². The molecule has 0 aliphatic heterocycles. The molecule has 2 unspecified atom stereocenters. The molecule has 2 atom stereocenters. The number of hydrogen-bond donors (Lipinski definition) is 2. The lowest BCUT2D eigenvalue weighted by Gasteiger charge is -2.30. The SMILES string of the molecule is N#CCOc1ccc(/C=C/C(=O)NC2CCCCC2CO)cc1. The van der Waals surface area contributed by atoms with Crippen molar-refractivity contribution in [3.8, 4) is 11.8 Å². The summed E-state index contributed by atoms with van der Waals surface area (Å²) in [6.07, 6.45) is 7.35. The van der Waals surface area contributed by atoms with Crippen molar-refractivity contribution in [2.75, 3.05) is 13.2 Å². The second-order valence-corrected chi connectivity index (χ2v) is 5.69. The Morgan fingerprint density at radius 2 is 2.09 bits per heavy atom. The van der Waals surface area contributed by atoms with Gasteiger partial charge in [0.05, 0.1) is 0 Å². The van der Waals surface area contributed by atoms with Crippen LogP contribution in [0.25, 0.3) is 6.08 Å². The number of nitrogens with one attached hydrogen (secondary N) is 1. The number of carbonyl (C=O) groups is 1. The summed E-state index contributed by atoms with van der Waals surface area (Å²) < 4.78 is 5.17. The number of rotatable bonds is 6. The summed E-state index contributed by atoms with van der Waals surface area (Å²) in [5.74, 6) is 0.652. The molecule has 5 nitrogen and oxygen atoms in total. The monoisotopic (exact) mass is 314 g/mol. The van der Waals surface area contributed by atoms with Crippen LogP contribution in [0.5, 0.6) is 5.75 Å². The Morgan fingerprint density at radius 3 is 2.78 bits per heavy atom. The molecule has 1 aliphatic rings. The number of aliphatic hydroxyl groups is 1. The summed E-state index contributed by atoms with van der Waals surface area (Å²) in [4.78, 5) is 12.0. The van der Waals surface area contributed by atoms with Crippen LogP contribution in [0.15, 0.2) is 30.3 Å². The Labute approximate surface area is 136 Å². The summed E-state index contributed by atoms with van der Waals surface area (Å²) in [6.45, 7) is 0.143. The molecule has 1 aromatic rings. The molecule has 5 heteroatoms. The first-order valence-electron chi connectivity index (χ1n) is 7.92. The van der Waals surface area contributed by atoms with Crippen molar-refractivity contribution in [1.82, 2.24) is 5.32 Å². The zero-order valence-corrected chi connectivity index (χ0v) is 13.1.